The van der Waals surface area contributed by atoms with E-state index in [0.717, 1.165) is 47.2 Å². The molecule has 20 heavy (non-hydrogen) atoms. The summed E-state index contributed by atoms with van der Waals surface area (Å²) in [7, 11) is 0. The van der Waals surface area contributed by atoms with Crippen LogP contribution in [-0.4, -0.2) is 42.6 Å². The van der Waals surface area contributed by atoms with E-state index in [9.17, 15) is 0 Å². The summed E-state index contributed by atoms with van der Waals surface area (Å²) in [6.45, 7) is 3.36. The number of thioether (sulfide) groups is 1. The highest BCUT2D eigenvalue weighted by Crippen LogP contribution is 2.32. The van der Waals surface area contributed by atoms with Gasteiger partial charge >= 0.3 is 0 Å². The number of nitrogens with zero attached hydrogens (tertiary/aromatic N) is 2. The van der Waals surface area contributed by atoms with E-state index < -0.39 is 0 Å². The van der Waals surface area contributed by atoms with Crippen molar-refractivity contribution in [3.05, 3.63) is 23.2 Å². The van der Waals surface area contributed by atoms with Gasteiger partial charge in [0.25, 0.3) is 0 Å². The van der Waals surface area contributed by atoms with Gasteiger partial charge in [-0.2, -0.15) is 0 Å². The lowest BCUT2D eigenvalue weighted by atomic mass is 10.2. The molecule has 0 atom stereocenters. The molecular formula is C13H16IN3OS2. The number of nitrogens with one attached hydrogen (secondary N) is 1. The normalized spacial score (nSPS) is 15.2. The predicted molar refractivity (Wildman–Crippen MR) is 98.4 cm³/mol. The molecule has 1 aromatic heterocycles. The van der Waals surface area contributed by atoms with E-state index in [0.29, 0.717) is 5.04 Å². The standard InChI is InChI=1S/C13H15N3OS2.HI/c1-18-12(14)13-15-11-9(3-2-4-10(11)19-13)16-5-7-17-8-6-16;/h2-4,14H,5-8H2,1H3;1H. The number of ether oxygens (including phenoxy) is 1. The van der Waals surface area contributed by atoms with Gasteiger partial charge in [0.05, 0.1) is 23.6 Å². The van der Waals surface area contributed by atoms with Gasteiger partial charge in [-0.1, -0.05) is 6.07 Å². The minimum Gasteiger partial charge on any atom is -0.378 e. The Labute approximate surface area is 143 Å². The van der Waals surface area contributed by atoms with Crippen molar-refractivity contribution < 1.29 is 4.74 Å². The Morgan fingerprint density at radius 3 is 2.85 bits per heavy atom. The molecule has 3 rings (SSSR count). The number of aromatic nitrogens is 1. The summed E-state index contributed by atoms with van der Waals surface area (Å²) in [5, 5.41) is 9.25. The molecule has 0 amide bonds. The number of fused-ring (bicyclic) bond motifs is 1. The van der Waals surface area contributed by atoms with Crippen molar-refractivity contribution in [2.24, 2.45) is 0 Å². The largest absolute Gasteiger partial charge is 0.378 e. The van der Waals surface area contributed by atoms with E-state index in [4.69, 9.17) is 10.1 Å². The summed E-state index contributed by atoms with van der Waals surface area (Å²) in [4.78, 5) is 6.97. The van der Waals surface area contributed by atoms with Crippen molar-refractivity contribution in [2.75, 3.05) is 37.5 Å². The maximum atomic E-state index is 7.90. The molecule has 1 N–H and O–H groups in total. The Morgan fingerprint density at radius 1 is 1.40 bits per heavy atom. The summed E-state index contributed by atoms with van der Waals surface area (Å²) in [6, 6.07) is 6.26. The Bertz CT molecular complexity index is 611. The first-order valence-electron chi connectivity index (χ1n) is 6.15. The zero-order valence-electron chi connectivity index (χ0n) is 11.1. The van der Waals surface area contributed by atoms with E-state index >= 15 is 0 Å². The second kappa shape index (κ2) is 7.06. The van der Waals surface area contributed by atoms with Crippen LogP contribution in [0, 0.1) is 5.41 Å². The number of anilines is 1. The van der Waals surface area contributed by atoms with E-state index in [-0.39, 0.29) is 24.0 Å². The van der Waals surface area contributed by atoms with Crippen LogP contribution in [0.3, 0.4) is 0 Å². The van der Waals surface area contributed by atoms with Crippen molar-refractivity contribution in [3.63, 3.8) is 0 Å². The van der Waals surface area contributed by atoms with Crippen LogP contribution in [0.1, 0.15) is 5.01 Å². The zero-order valence-corrected chi connectivity index (χ0v) is 15.1. The van der Waals surface area contributed by atoms with Crippen LogP contribution in [0.2, 0.25) is 0 Å². The molecule has 1 fully saturated rings. The van der Waals surface area contributed by atoms with Crippen molar-refractivity contribution >= 4 is 68.0 Å². The fraction of sp³-hybridized carbons (Fsp3) is 0.385. The summed E-state index contributed by atoms with van der Waals surface area (Å²) < 4.78 is 6.55. The van der Waals surface area contributed by atoms with Gasteiger partial charge in [-0.25, -0.2) is 4.98 Å². The number of hydrogen-bond donors (Lipinski definition) is 1. The first-order chi connectivity index (χ1) is 9.29. The van der Waals surface area contributed by atoms with Crippen LogP contribution in [0.5, 0.6) is 0 Å². The molecule has 0 aliphatic carbocycles. The molecule has 1 aromatic carbocycles. The Hall–Kier alpha value is -0.380. The fourth-order valence-electron chi connectivity index (χ4n) is 2.18. The topological polar surface area (TPSA) is 49.2 Å². The highest BCUT2D eigenvalue weighted by molar-refractivity contribution is 14.0. The quantitative estimate of drug-likeness (QED) is 0.459. The van der Waals surface area contributed by atoms with E-state index in [2.05, 4.69) is 28.1 Å². The molecule has 0 unspecified atom stereocenters. The van der Waals surface area contributed by atoms with Gasteiger partial charge in [0.2, 0.25) is 0 Å². The minimum absolute atomic E-state index is 0. The number of para-hydroxylation sites is 1. The maximum absolute atomic E-state index is 7.90. The second-order valence-corrected chi connectivity index (χ2v) is 6.12. The van der Waals surface area contributed by atoms with Gasteiger partial charge in [-0.05, 0) is 18.4 Å². The molecule has 4 nitrogen and oxygen atoms in total. The third kappa shape index (κ3) is 3.10. The molecule has 0 saturated carbocycles. The average molecular weight is 421 g/mol. The zero-order chi connectivity index (χ0) is 13.2. The van der Waals surface area contributed by atoms with Gasteiger partial charge < -0.3 is 9.64 Å². The molecule has 7 heteroatoms. The molecule has 108 valence electrons. The molecule has 1 saturated heterocycles. The first kappa shape index (κ1) is 16.0. The summed E-state index contributed by atoms with van der Waals surface area (Å²) in [6.07, 6.45) is 1.91. The molecule has 1 aliphatic heterocycles. The number of thiazole rings is 1. The molecular weight excluding hydrogens is 405 g/mol. The highest BCUT2D eigenvalue weighted by Gasteiger charge is 2.17. The number of benzene rings is 1. The van der Waals surface area contributed by atoms with E-state index in [1.807, 2.05) is 6.26 Å². The van der Waals surface area contributed by atoms with E-state index in [1.54, 1.807) is 11.3 Å². The monoisotopic (exact) mass is 421 g/mol. The lowest BCUT2D eigenvalue weighted by Crippen LogP contribution is -2.36. The maximum Gasteiger partial charge on any atom is 0.149 e. The smallest absolute Gasteiger partial charge is 0.149 e. The van der Waals surface area contributed by atoms with Gasteiger partial charge in [0.15, 0.2) is 0 Å². The van der Waals surface area contributed by atoms with Gasteiger partial charge in [0.1, 0.15) is 15.6 Å². The first-order valence-corrected chi connectivity index (χ1v) is 8.19. The third-order valence-electron chi connectivity index (χ3n) is 3.15. The van der Waals surface area contributed by atoms with Crippen molar-refractivity contribution in [1.82, 2.24) is 4.98 Å². The minimum atomic E-state index is 0. The van der Waals surface area contributed by atoms with Crippen LogP contribution in [0.4, 0.5) is 5.69 Å². The number of halogens is 1. The fourth-order valence-corrected chi connectivity index (χ4v) is 3.60. The summed E-state index contributed by atoms with van der Waals surface area (Å²) >= 11 is 3.03. The summed E-state index contributed by atoms with van der Waals surface area (Å²) in [5.74, 6) is 0. The number of morpholine rings is 1. The van der Waals surface area contributed by atoms with Crippen LogP contribution in [-0.2, 0) is 4.74 Å². The third-order valence-corrected chi connectivity index (χ3v) is 4.92. The van der Waals surface area contributed by atoms with Crippen LogP contribution < -0.4 is 4.90 Å². The summed E-state index contributed by atoms with van der Waals surface area (Å²) in [5.41, 5.74) is 2.18. The molecule has 2 aromatic rings. The average Bonchev–Trinajstić information content (AvgIpc) is 2.91. The van der Waals surface area contributed by atoms with Gasteiger partial charge in [0, 0.05) is 13.1 Å². The highest BCUT2D eigenvalue weighted by atomic mass is 127. The van der Waals surface area contributed by atoms with Crippen LogP contribution >= 0.6 is 47.1 Å². The Balaban J connectivity index is 0.00000147. The van der Waals surface area contributed by atoms with E-state index in [1.165, 1.54) is 11.8 Å². The molecule has 2 heterocycles. The van der Waals surface area contributed by atoms with Crippen LogP contribution in [0.25, 0.3) is 10.2 Å². The Kier molecular flexibility index (Phi) is 5.65. The number of hydrogen-bond acceptors (Lipinski definition) is 6. The second-order valence-electron chi connectivity index (χ2n) is 4.28. The van der Waals surface area contributed by atoms with Crippen molar-refractivity contribution in [1.29, 1.82) is 5.41 Å². The predicted octanol–water partition coefficient (Wildman–Crippen LogP) is 3.44. The molecule has 1 aliphatic rings. The van der Waals surface area contributed by atoms with Crippen molar-refractivity contribution in [2.45, 2.75) is 0 Å². The molecule has 0 spiro atoms. The van der Waals surface area contributed by atoms with Crippen molar-refractivity contribution in [3.8, 4) is 0 Å². The Morgan fingerprint density at radius 2 is 2.15 bits per heavy atom. The van der Waals surface area contributed by atoms with Gasteiger partial charge in [-0.3, -0.25) is 5.41 Å². The van der Waals surface area contributed by atoms with Crippen LogP contribution in [0.15, 0.2) is 18.2 Å². The molecule has 0 radical (unpaired) electrons. The SMILES string of the molecule is CSC(=N)c1nc2c(N3CCOCC3)cccc2s1.I. The number of rotatable bonds is 2. The van der Waals surface area contributed by atoms with Gasteiger partial charge in [-0.15, -0.1) is 47.1 Å². The lowest BCUT2D eigenvalue weighted by molar-refractivity contribution is 0.123. The molecule has 0 bridgehead atoms. The lowest BCUT2D eigenvalue weighted by Gasteiger charge is -2.28.